The Hall–Kier alpha value is -2.28. The van der Waals surface area contributed by atoms with Crippen molar-refractivity contribution in [3.05, 3.63) is 46.8 Å². The molecule has 2 fully saturated rings. The minimum atomic E-state index is -0.698. The van der Waals surface area contributed by atoms with Gasteiger partial charge in [-0.15, -0.1) is 0 Å². The average molecular weight is 388 g/mol. The topological polar surface area (TPSA) is 41.4 Å². The van der Waals surface area contributed by atoms with Gasteiger partial charge in [-0.25, -0.2) is 13.5 Å². The quantitative estimate of drug-likeness (QED) is 0.809. The SMILES string of the molecule is Cc1nn(-c2ccc(F)cc2F)c(C)c1C(=O)N1CCC(N2CCCC2)CC1. The molecule has 0 saturated carbocycles. The summed E-state index contributed by atoms with van der Waals surface area (Å²) in [6.07, 6.45) is 4.53. The maximum Gasteiger partial charge on any atom is 0.257 e. The maximum absolute atomic E-state index is 14.2. The molecule has 0 radical (unpaired) electrons. The normalized spacial score (nSPS) is 18.8. The van der Waals surface area contributed by atoms with Gasteiger partial charge in [-0.3, -0.25) is 4.79 Å². The molecule has 2 aromatic rings. The molecule has 28 heavy (non-hydrogen) atoms. The Morgan fingerprint density at radius 1 is 1.07 bits per heavy atom. The van der Waals surface area contributed by atoms with Crippen LogP contribution < -0.4 is 0 Å². The number of carbonyl (C=O) groups excluding carboxylic acids is 1. The van der Waals surface area contributed by atoms with Gasteiger partial charge in [-0.2, -0.15) is 5.10 Å². The lowest BCUT2D eigenvalue weighted by Crippen LogP contribution is -2.46. The lowest BCUT2D eigenvalue weighted by Gasteiger charge is -2.36. The van der Waals surface area contributed by atoms with E-state index in [1.54, 1.807) is 13.8 Å². The highest BCUT2D eigenvalue weighted by Gasteiger charge is 2.31. The van der Waals surface area contributed by atoms with Crippen molar-refractivity contribution in [2.24, 2.45) is 0 Å². The van der Waals surface area contributed by atoms with Crippen LogP contribution in [-0.4, -0.2) is 57.7 Å². The fourth-order valence-corrected chi connectivity index (χ4v) is 4.54. The summed E-state index contributed by atoms with van der Waals surface area (Å²) >= 11 is 0. The van der Waals surface area contributed by atoms with Crippen LogP contribution in [0.15, 0.2) is 18.2 Å². The number of carbonyl (C=O) groups is 1. The zero-order valence-corrected chi connectivity index (χ0v) is 16.4. The van der Waals surface area contributed by atoms with Gasteiger partial charge in [0.25, 0.3) is 5.91 Å². The number of aryl methyl sites for hydroxylation is 1. The van der Waals surface area contributed by atoms with E-state index >= 15 is 0 Å². The van der Waals surface area contributed by atoms with Crippen molar-refractivity contribution >= 4 is 5.91 Å². The molecule has 0 N–H and O–H groups in total. The molecule has 7 heteroatoms. The highest BCUT2D eigenvalue weighted by molar-refractivity contribution is 5.96. The largest absolute Gasteiger partial charge is 0.338 e. The lowest BCUT2D eigenvalue weighted by molar-refractivity contribution is 0.0643. The van der Waals surface area contributed by atoms with Gasteiger partial charge in [0.05, 0.1) is 17.0 Å². The third-order valence-corrected chi connectivity index (χ3v) is 6.05. The summed E-state index contributed by atoms with van der Waals surface area (Å²) in [5.74, 6) is -1.39. The van der Waals surface area contributed by atoms with Crippen molar-refractivity contribution in [2.75, 3.05) is 26.2 Å². The van der Waals surface area contributed by atoms with E-state index in [-0.39, 0.29) is 11.6 Å². The second-order valence-corrected chi connectivity index (χ2v) is 7.82. The number of amides is 1. The summed E-state index contributed by atoms with van der Waals surface area (Å²) < 4.78 is 28.8. The Bertz CT molecular complexity index is 881. The molecule has 0 atom stereocenters. The first-order valence-corrected chi connectivity index (χ1v) is 10.0. The fraction of sp³-hybridized carbons (Fsp3) is 0.524. The number of rotatable bonds is 3. The van der Waals surface area contributed by atoms with Crippen molar-refractivity contribution in [1.82, 2.24) is 19.6 Å². The predicted octanol–water partition coefficient (Wildman–Crippen LogP) is 3.47. The Morgan fingerprint density at radius 3 is 2.39 bits per heavy atom. The molecular formula is C21H26F2N4O. The van der Waals surface area contributed by atoms with Gasteiger partial charge in [0.2, 0.25) is 0 Å². The number of aromatic nitrogens is 2. The van der Waals surface area contributed by atoms with Crippen LogP contribution in [0.25, 0.3) is 5.69 Å². The highest BCUT2D eigenvalue weighted by Crippen LogP contribution is 2.25. The van der Waals surface area contributed by atoms with E-state index in [1.807, 2.05) is 4.90 Å². The van der Waals surface area contributed by atoms with E-state index in [2.05, 4.69) is 10.00 Å². The summed E-state index contributed by atoms with van der Waals surface area (Å²) in [5, 5.41) is 4.36. The van der Waals surface area contributed by atoms with E-state index < -0.39 is 11.6 Å². The number of piperidine rings is 1. The Balaban J connectivity index is 1.53. The molecule has 2 aliphatic rings. The summed E-state index contributed by atoms with van der Waals surface area (Å²) in [6, 6.07) is 3.94. The van der Waals surface area contributed by atoms with Crippen molar-refractivity contribution in [2.45, 2.75) is 45.6 Å². The molecule has 0 spiro atoms. The van der Waals surface area contributed by atoms with Crippen LogP contribution in [0.5, 0.6) is 0 Å². The predicted molar refractivity (Wildman–Crippen MR) is 103 cm³/mol. The summed E-state index contributed by atoms with van der Waals surface area (Å²) in [4.78, 5) is 17.6. The molecule has 1 amide bonds. The van der Waals surface area contributed by atoms with E-state index in [1.165, 1.54) is 42.7 Å². The third-order valence-electron chi connectivity index (χ3n) is 6.05. The van der Waals surface area contributed by atoms with E-state index in [9.17, 15) is 13.6 Å². The molecule has 1 aromatic carbocycles. The van der Waals surface area contributed by atoms with Crippen molar-refractivity contribution in [1.29, 1.82) is 0 Å². The maximum atomic E-state index is 14.2. The smallest absolute Gasteiger partial charge is 0.257 e. The van der Waals surface area contributed by atoms with Crippen molar-refractivity contribution < 1.29 is 13.6 Å². The van der Waals surface area contributed by atoms with Gasteiger partial charge in [0.15, 0.2) is 5.82 Å². The minimum absolute atomic E-state index is 0.0522. The highest BCUT2D eigenvalue weighted by atomic mass is 19.1. The first-order chi connectivity index (χ1) is 13.5. The molecule has 2 saturated heterocycles. The van der Waals surface area contributed by atoms with E-state index in [0.29, 0.717) is 23.0 Å². The minimum Gasteiger partial charge on any atom is -0.338 e. The average Bonchev–Trinajstić information content (AvgIpc) is 3.30. The van der Waals surface area contributed by atoms with Gasteiger partial charge < -0.3 is 9.80 Å². The van der Waals surface area contributed by atoms with Crippen LogP contribution in [0, 0.1) is 25.5 Å². The number of halogens is 2. The number of likely N-dealkylation sites (tertiary alicyclic amines) is 2. The van der Waals surface area contributed by atoms with Crippen LogP contribution in [0.2, 0.25) is 0 Å². The second kappa shape index (κ2) is 7.62. The first kappa shape index (κ1) is 19.1. The molecule has 0 bridgehead atoms. The summed E-state index contributed by atoms with van der Waals surface area (Å²) in [5.41, 5.74) is 1.81. The van der Waals surface area contributed by atoms with Crippen LogP contribution >= 0.6 is 0 Å². The lowest BCUT2D eigenvalue weighted by atomic mass is 10.0. The fourth-order valence-electron chi connectivity index (χ4n) is 4.54. The molecule has 150 valence electrons. The van der Waals surface area contributed by atoms with E-state index in [4.69, 9.17) is 0 Å². The Morgan fingerprint density at radius 2 is 1.75 bits per heavy atom. The second-order valence-electron chi connectivity index (χ2n) is 7.82. The zero-order valence-electron chi connectivity index (χ0n) is 16.4. The van der Waals surface area contributed by atoms with Crippen molar-refractivity contribution in [3.8, 4) is 5.69 Å². The molecular weight excluding hydrogens is 362 g/mol. The standard InChI is InChI=1S/C21H26F2N4O/c1-14-20(15(2)27(24-14)19-6-5-16(22)13-18(19)23)21(28)26-11-7-17(8-12-26)25-9-3-4-10-25/h5-6,13,17H,3-4,7-12H2,1-2H3. The van der Waals surface area contributed by atoms with Gasteiger partial charge in [0, 0.05) is 25.2 Å². The van der Waals surface area contributed by atoms with Crippen LogP contribution in [0.4, 0.5) is 8.78 Å². The Kier molecular flexibility index (Phi) is 5.19. The van der Waals surface area contributed by atoms with Crippen LogP contribution in [0.1, 0.15) is 47.4 Å². The van der Waals surface area contributed by atoms with Gasteiger partial charge in [-0.1, -0.05) is 0 Å². The van der Waals surface area contributed by atoms with Gasteiger partial charge in [0.1, 0.15) is 11.5 Å². The van der Waals surface area contributed by atoms with Gasteiger partial charge >= 0.3 is 0 Å². The molecule has 2 aliphatic heterocycles. The number of benzene rings is 1. The van der Waals surface area contributed by atoms with Crippen LogP contribution in [0.3, 0.4) is 0 Å². The molecule has 0 aliphatic carbocycles. The monoisotopic (exact) mass is 388 g/mol. The molecule has 1 aromatic heterocycles. The van der Waals surface area contributed by atoms with Crippen LogP contribution in [-0.2, 0) is 0 Å². The van der Waals surface area contributed by atoms with Gasteiger partial charge in [-0.05, 0) is 64.8 Å². The first-order valence-electron chi connectivity index (χ1n) is 10.0. The molecule has 5 nitrogen and oxygen atoms in total. The number of hydrogen-bond donors (Lipinski definition) is 0. The summed E-state index contributed by atoms with van der Waals surface area (Å²) in [6.45, 7) is 7.33. The third kappa shape index (κ3) is 3.43. The molecule has 3 heterocycles. The number of hydrogen-bond acceptors (Lipinski definition) is 3. The molecule has 0 unspecified atom stereocenters. The Labute approximate surface area is 163 Å². The number of nitrogens with zero attached hydrogens (tertiary/aromatic N) is 4. The summed E-state index contributed by atoms with van der Waals surface area (Å²) in [7, 11) is 0. The molecule has 4 rings (SSSR count). The van der Waals surface area contributed by atoms with E-state index in [0.717, 1.165) is 32.0 Å². The van der Waals surface area contributed by atoms with Crippen molar-refractivity contribution in [3.63, 3.8) is 0 Å². The zero-order chi connectivity index (χ0) is 19.8.